The molecule has 4 nitrogen and oxygen atoms in total. The van der Waals surface area contributed by atoms with Gasteiger partial charge in [-0.15, -0.1) is 0 Å². The molecule has 0 aromatic heterocycles. The Morgan fingerprint density at radius 2 is 0.889 bits per heavy atom. The van der Waals surface area contributed by atoms with Gasteiger partial charge in [-0.1, -0.05) is 143 Å². The minimum absolute atomic E-state index is 0.142. The van der Waals surface area contributed by atoms with Crippen LogP contribution in [0, 0.1) is 11.8 Å². The highest BCUT2D eigenvalue weighted by molar-refractivity contribution is 7.89. The van der Waals surface area contributed by atoms with E-state index in [0.717, 1.165) is 25.7 Å². The summed E-state index contributed by atoms with van der Waals surface area (Å²) in [7, 11) is -1.39. The number of rotatable bonds is 5. The molecular formula is C40H45NO3S. The first-order valence-electron chi connectivity index (χ1n) is 17.2. The molecule has 0 spiro atoms. The number of benzene rings is 3. The zero-order valence-corrected chi connectivity index (χ0v) is 27.1. The molecule has 0 saturated carbocycles. The molecule has 2 amide bonds. The van der Waals surface area contributed by atoms with Crippen molar-refractivity contribution < 1.29 is 13.8 Å². The first-order chi connectivity index (χ1) is 22.1. The van der Waals surface area contributed by atoms with Crippen molar-refractivity contribution in [1.29, 1.82) is 0 Å². The van der Waals surface area contributed by atoms with E-state index in [1.165, 1.54) is 65.7 Å². The average molecular weight is 620 g/mol. The molecule has 3 aromatic carbocycles. The molecule has 3 saturated heterocycles. The lowest BCUT2D eigenvalue weighted by Crippen LogP contribution is -2.45. The third-order valence-electron chi connectivity index (χ3n) is 11.2. The molecule has 0 N–H and O–H groups in total. The van der Waals surface area contributed by atoms with E-state index in [9.17, 15) is 9.59 Å². The van der Waals surface area contributed by atoms with Gasteiger partial charge in [0.25, 0.3) is 0 Å². The Balaban J connectivity index is 1.44. The lowest BCUT2D eigenvalue weighted by Gasteiger charge is -2.38. The minimum Gasteiger partial charge on any atom is -0.274 e. The molecule has 7 rings (SSSR count). The Bertz CT molecular complexity index is 1490. The summed E-state index contributed by atoms with van der Waals surface area (Å²) in [6.07, 6.45) is 14.1. The van der Waals surface area contributed by atoms with Gasteiger partial charge < -0.3 is 0 Å². The van der Waals surface area contributed by atoms with E-state index in [1.807, 2.05) is 42.5 Å². The quantitative estimate of drug-likeness (QED) is 0.213. The maximum Gasteiger partial charge on any atom is 0.239 e. The molecule has 4 heterocycles. The molecule has 3 aromatic rings. The highest BCUT2D eigenvalue weighted by Gasteiger charge is 2.80. The fourth-order valence-corrected chi connectivity index (χ4v) is 12.3. The van der Waals surface area contributed by atoms with Gasteiger partial charge >= 0.3 is 0 Å². The zero-order valence-electron chi connectivity index (χ0n) is 26.3. The number of anilines is 1. The van der Waals surface area contributed by atoms with Crippen molar-refractivity contribution in [2.75, 3.05) is 4.90 Å². The number of nitrogens with zero attached hydrogens (tertiary/aromatic N) is 1. The number of hydrogen-bond donors (Lipinski definition) is 0. The topological polar surface area (TPSA) is 54.5 Å². The number of fused-ring (bicyclic) bond motifs is 1. The second-order valence-electron chi connectivity index (χ2n) is 13.7. The smallest absolute Gasteiger partial charge is 0.239 e. The minimum atomic E-state index is -1.39. The fraction of sp³-hybridized carbons (Fsp3) is 0.450. The maximum atomic E-state index is 15.6. The lowest BCUT2D eigenvalue weighted by atomic mass is 9.60. The highest BCUT2D eigenvalue weighted by atomic mass is 32.2. The molecule has 45 heavy (non-hydrogen) atoms. The maximum absolute atomic E-state index is 15.6. The van der Waals surface area contributed by atoms with E-state index in [-0.39, 0.29) is 11.8 Å². The van der Waals surface area contributed by atoms with Crippen molar-refractivity contribution in [2.45, 2.75) is 99.4 Å². The molecule has 4 atom stereocenters. The van der Waals surface area contributed by atoms with Crippen molar-refractivity contribution in [1.82, 2.24) is 0 Å². The summed E-state index contributed by atoms with van der Waals surface area (Å²) >= 11 is 0. The number of carbonyl (C=O) groups is 2. The van der Waals surface area contributed by atoms with Crippen LogP contribution >= 0.6 is 0 Å². The van der Waals surface area contributed by atoms with E-state index in [1.54, 1.807) is 0 Å². The van der Waals surface area contributed by atoms with Crippen LogP contribution in [0.4, 0.5) is 5.69 Å². The van der Waals surface area contributed by atoms with E-state index < -0.39 is 32.1 Å². The molecule has 2 bridgehead atoms. The van der Waals surface area contributed by atoms with Crippen molar-refractivity contribution in [3.05, 3.63) is 113 Å². The van der Waals surface area contributed by atoms with Crippen molar-refractivity contribution in [2.24, 2.45) is 11.8 Å². The number of imide groups is 1. The Labute approximate surface area is 270 Å². The molecule has 4 aliphatic heterocycles. The number of para-hydroxylation sites is 1. The number of amides is 2. The van der Waals surface area contributed by atoms with Crippen LogP contribution in [0.1, 0.15) is 88.2 Å². The summed E-state index contributed by atoms with van der Waals surface area (Å²) in [6, 6.07) is 30.4. The van der Waals surface area contributed by atoms with Crippen LogP contribution in [-0.4, -0.2) is 25.5 Å². The van der Waals surface area contributed by atoms with Crippen LogP contribution < -0.4 is 4.90 Å². The van der Waals surface area contributed by atoms with Gasteiger partial charge in [-0.2, -0.15) is 0 Å². The van der Waals surface area contributed by atoms with Gasteiger partial charge in [-0.05, 0) is 60.1 Å². The first-order valence-corrected chi connectivity index (χ1v) is 18.4. The normalized spacial score (nSPS) is 30.7. The molecule has 5 heteroatoms. The summed E-state index contributed by atoms with van der Waals surface area (Å²) < 4.78 is 14.0. The second-order valence-corrected chi connectivity index (χ2v) is 15.7. The summed E-state index contributed by atoms with van der Waals surface area (Å²) in [4.78, 5) is 31.0. The van der Waals surface area contributed by atoms with Crippen molar-refractivity contribution >= 4 is 28.3 Å². The predicted octanol–water partition coefficient (Wildman–Crippen LogP) is 8.52. The number of hydrogen-bond acceptors (Lipinski definition) is 3. The van der Waals surface area contributed by atoms with Crippen LogP contribution in [-0.2, 0) is 33.2 Å². The molecule has 4 aliphatic rings. The van der Waals surface area contributed by atoms with Gasteiger partial charge in [-0.3, -0.25) is 13.8 Å². The third-order valence-corrected chi connectivity index (χ3v) is 13.9. The van der Waals surface area contributed by atoms with Crippen LogP contribution in [0.2, 0.25) is 0 Å². The van der Waals surface area contributed by atoms with E-state index >= 15 is 4.21 Å². The van der Waals surface area contributed by atoms with Gasteiger partial charge in [0.05, 0.1) is 27.0 Å². The lowest BCUT2D eigenvalue weighted by molar-refractivity contribution is -0.122. The summed E-state index contributed by atoms with van der Waals surface area (Å²) in [6.45, 7) is 0. The molecule has 3 fully saturated rings. The molecule has 234 valence electrons. The zero-order chi connectivity index (χ0) is 30.9. The monoisotopic (exact) mass is 619 g/mol. The summed E-state index contributed by atoms with van der Waals surface area (Å²) in [5.74, 6) is -1.46. The Morgan fingerprint density at radius 1 is 0.533 bits per heavy atom. The van der Waals surface area contributed by atoms with Crippen LogP contribution in [0.3, 0.4) is 0 Å². The van der Waals surface area contributed by atoms with E-state index in [4.69, 9.17) is 0 Å². The van der Waals surface area contributed by atoms with Gasteiger partial charge in [0.2, 0.25) is 11.8 Å². The van der Waals surface area contributed by atoms with Crippen LogP contribution in [0.5, 0.6) is 0 Å². The van der Waals surface area contributed by atoms with E-state index in [0.29, 0.717) is 31.4 Å². The Morgan fingerprint density at radius 3 is 1.29 bits per heavy atom. The fourth-order valence-electron chi connectivity index (χ4n) is 9.21. The predicted molar refractivity (Wildman–Crippen MR) is 182 cm³/mol. The van der Waals surface area contributed by atoms with Gasteiger partial charge in [0.15, 0.2) is 0 Å². The summed E-state index contributed by atoms with van der Waals surface area (Å²) in [5, 5.41) is 0. The molecule has 0 aliphatic carbocycles. The van der Waals surface area contributed by atoms with Gasteiger partial charge in [0, 0.05) is 10.8 Å². The largest absolute Gasteiger partial charge is 0.274 e. The molecule has 4 unspecified atom stereocenters. The van der Waals surface area contributed by atoms with E-state index in [2.05, 4.69) is 48.5 Å². The molecular weight excluding hydrogens is 575 g/mol. The summed E-state index contributed by atoms with van der Waals surface area (Å²) in [5.41, 5.74) is 5.39. The van der Waals surface area contributed by atoms with Gasteiger partial charge in [0.1, 0.15) is 0 Å². The second kappa shape index (κ2) is 12.8. The number of carbonyl (C=O) groups excluding carboxylic acids is 2. The van der Waals surface area contributed by atoms with Gasteiger partial charge in [-0.25, -0.2) is 4.90 Å². The SMILES string of the molecule is O=C1C2C(C(=O)N1c1ccccc1)C13CCCCCCCCCCCCC2(C(Cc2ccccc2)=C1Cc1ccccc1)S3=O. The Hall–Kier alpha value is -3.31. The standard InChI is InChI=1S/C40H45NO3S/c42-37-35-36(38(43)41(37)32-24-16-11-17-25-32)40-27-19-8-6-4-2-1-3-5-7-18-26-39(35,45(40)44)33(28-30-20-12-9-13-21-30)34(40)29-31-22-14-10-15-23-31/h9-17,20-25,35-36H,1-8,18-19,26-29H2. The third kappa shape index (κ3) is 5.06. The van der Waals surface area contributed by atoms with Crippen LogP contribution in [0.25, 0.3) is 0 Å². The highest BCUT2D eigenvalue weighted by Crippen LogP contribution is 2.69. The molecule has 0 radical (unpaired) electrons. The first kappa shape index (κ1) is 30.3. The average Bonchev–Trinajstić information content (AvgIpc) is 3.53. The van der Waals surface area contributed by atoms with Crippen LogP contribution in [0.15, 0.2) is 102 Å². The van der Waals surface area contributed by atoms with Crippen molar-refractivity contribution in [3.63, 3.8) is 0 Å². The Kier molecular flexibility index (Phi) is 8.65. The van der Waals surface area contributed by atoms with Crippen molar-refractivity contribution in [3.8, 4) is 0 Å².